The number of hydrogen-bond donors (Lipinski definition) is 3. The van der Waals surface area contributed by atoms with Crippen LogP contribution in [0, 0.1) is 12.8 Å². The number of hydrogen-bond acceptors (Lipinski definition) is 3. The van der Waals surface area contributed by atoms with Gasteiger partial charge in [-0.05, 0) is 31.9 Å². The maximum atomic E-state index is 11.8. The molecule has 0 fully saturated rings. The van der Waals surface area contributed by atoms with E-state index in [1.54, 1.807) is 0 Å². The summed E-state index contributed by atoms with van der Waals surface area (Å²) in [6, 6.07) is 3.22. The Morgan fingerprint density at radius 2 is 2.00 bits per heavy atom. The van der Waals surface area contributed by atoms with E-state index in [4.69, 9.17) is 4.42 Å². The summed E-state index contributed by atoms with van der Waals surface area (Å²) in [4.78, 5) is 11.8. The monoisotopic (exact) mass is 282 g/mol. The normalized spacial score (nSPS) is 14.1. The molecule has 5 nitrogen and oxygen atoms in total. The summed E-state index contributed by atoms with van der Waals surface area (Å²) in [5.41, 5.74) is 0. The Kier molecular flexibility index (Phi) is 6.58. The van der Waals surface area contributed by atoms with Gasteiger partial charge in [0, 0.05) is 6.54 Å². The number of furan rings is 1. The van der Waals surface area contributed by atoms with Crippen LogP contribution in [0.25, 0.3) is 0 Å². The van der Waals surface area contributed by atoms with Gasteiger partial charge in [-0.2, -0.15) is 0 Å². The molecule has 0 aliphatic rings. The molecule has 114 valence electrons. The highest BCUT2D eigenvalue weighted by Gasteiger charge is 2.17. The second-order valence-electron chi connectivity index (χ2n) is 5.17. The lowest BCUT2D eigenvalue weighted by atomic mass is 9.97. The summed E-state index contributed by atoms with van der Waals surface area (Å²) in [5, 5.41) is 15.4. The first-order valence-electron chi connectivity index (χ1n) is 7.26. The molecule has 0 bridgehead atoms. The van der Waals surface area contributed by atoms with Crippen LogP contribution in [0.4, 0.5) is 4.79 Å². The molecular formula is C15H26N2O3. The van der Waals surface area contributed by atoms with Gasteiger partial charge in [0.1, 0.15) is 11.5 Å². The molecule has 0 radical (unpaired) electrons. The quantitative estimate of drug-likeness (QED) is 0.720. The Morgan fingerprint density at radius 3 is 2.50 bits per heavy atom. The minimum Gasteiger partial charge on any atom is -0.464 e. The SMILES string of the molecule is CCC(CC)C(O)CNC(=O)NC(C)c1ccc(C)o1. The van der Waals surface area contributed by atoms with Crippen LogP contribution in [0.5, 0.6) is 0 Å². The smallest absolute Gasteiger partial charge is 0.315 e. The van der Waals surface area contributed by atoms with E-state index < -0.39 is 6.10 Å². The second-order valence-corrected chi connectivity index (χ2v) is 5.17. The molecule has 2 unspecified atom stereocenters. The lowest BCUT2D eigenvalue weighted by molar-refractivity contribution is 0.103. The predicted octanol–water partition coefficient (Wildman–Crippen LogP) is 2.75. The Balaban J connectivity index is 2.36. The number of aliphatic hydroxyl groups excluding tert-OH is 1. The molecule has 2 amide bonds. The first-order valence-corrected chi connectivity index (χ1v) is 7.26. The maximum Gasteiger partial charge on any atom is 0.315 e. The molecule has 2 atom stereocenters. The highest BCUT2D eigenvalue weighted by Crippen LogP contribution is 2.15. The molecule has 3 N–H and O–H groups in total. The van der Waals surface area contributed by atoms with Crippen molar-refractivity contribution in [1.29, 1.82) is 0 Å². The molecule has 5 heteroatoms. The van der Waals surface area contributed by atoms with Gasteiger partial charge in [0.25, 0.3) is 0 Å². The van der Waals surface area contributed by atoms with Crippen molar-refractivity contribution in [3.05, 3.63) is 23.7 Å². The Bertz CT molecular complexity index is 413. The minimum absolute atomic E-state index is 0.200. The van der Waals surface area contributed by atoms with Crippen molar-refractivity contribution in [2.75, 3.05) is 6.54 Å². The van der Waals surface area contributed by atoms with Crippen molar-refractivity contribution in [1.82, 2.24) is 10.6 Å². The molecule has 0 aliphatic heterocycles. The van der Waals surface area contributed by atoms with Gasteiger partial charge in [-0.1, -0.05) is 26.7 Å². The third kappa shape index (κ3) is 4.89. The van der Waals surface area contributed by atoms with Crippen molar-refractivity contribution in [3.63, 3.8) is 0 Å². The molecule has 0 saturated heterocycles. The zero-order valence-corrected chi connectivity index (χ0v) is 12.8. The van der Waals surface area contributed by atoms with E-state index in [1.807, 2.05) is 39.8 Å². The predicted molar refractivity (Wildman–Crippen MR) is 78.5 cm³/mol. The largest absolute Gasteiger partial charge is 0.464 e. The first-order chi connectivity index (χ1) is 9.47. The van der Waals surface area contributed by atoms with Gasteiger partial charge in [0.15, 0.2) is 0 Å². The van der Waals surface area contributed by atoms with Crippen LogP contribution in [-0.2, 0) is 0 Å². The van der Waals surface area contributed by atoms with Crippen LogP contribution >= 0.6 is 0 Å². The summed E-state index contributed by atoms with van der Waals surface area (Å²) >= 11 is 0. The molecule has 0 spiro atoms. The Labute approximate surface area is 120 Å². The molecule has 0 saturated carbocycles. The Morgan fingerprint density at radius 1 is 1.35 bits per heavy atom. The number of nitrogens with one attached hydrogen (secondary N) is 2. The molecule has 0 aromatic carbocycles. The summed E-state index contributed by atoms with van der Waals surface area (Å²) in [7, 11) is 0. The zero-order chi connectivity index (χ0) is 15.1. The molecular weight excluding hydrogens is 256 g/mol. The van der Waals surface area contributed by atoms with Crippen molar-refractivity contribution in [2.24, 2.45) is 5.92 Å². The number of rotatable bonds is 7. The van der Waals surface area contributed by atoms with Crippen LogP contribution in [0.15, 0.2) is 16.5 Å². The van der Waals surface area contributed by atoms with Gasteiger partial charge in [0.05, 0.1) is 12.1 Å². The van der Waals surface area contributed by atoms with Crippen molar-refractivity contribution in [3.8, 4) is 0 Å². The number of urea groups is 1. The van der Waals surface area contributed by atoms with Gasteiger partial charge in [0.2, 0.25) is 0 Å². The van der Waals surface area contributed by atoms with Crippen LogP contribution < -0.4 is 10.6 Å². The summed E-state index contributed by atoms with van der Waals surface area (Å²) in [5.74, 6) is 1.76. The lowest BCUT2D eigenvalue weighted by Crippen LogP contribution is -2.42. The molecule has 20 heavy (non-hydrogen) atoms. The topological polar surface area (TPSA) is 74.5 Å². The van der Waals surface area contributed by atoms with Crippen molar-refractivity contribution in [2.45, 2.75) is 52.7 Å². The zero-order valence-electron chi connectivity index (χ0n) is 12.8. The fourth-order valence-corrected chi connectivity index (χ4v) is 2.20. The summed E-state index contributed by atoms with van der Waals surface area (Å²) in [6.07, 6.45) is 1.31. The van der Waals surface area contributed by atoms with E-state index >= 15 is 0 Å². The molecule has 0 aliphatic carbocycles. The molecule has 1 aromatic heterocycles. The van der Waals surface area contributed by atoms with E-state index in [0.29, 0.717) is 0 Å². The summed E-state index contributed by atoms with van der Waals surface area (Å²) < 4.78 is 5.45. The van der Waals surface area contributed by atoms with Crippen LogP contribution in [0.1, 0.15) is 51.2 Å². The third-order valence-corrected chi connectivity index (χ3v) is 3.60. The fraction of sp³-hybridized carbons (Fsp3) is 0.667. The van der Waals surface area contributed by atoms with Gasteiger partial charge < -0.3 is 20.2 Å². The molecule has 1 rings (SSSR count). The Hall–Kier alpha value is -1.49. The highest BCUT2D eigenvalue weighted by atomic mass is 16.3. The van der Waals surface area contributed by atoms with Crippen molar-refractivity contribution >= 4 is 6.03 Å². The van der Waals surface area contributed by atoms with Gasteiger partial charge >= 0.3 is 6.03 Å². The number of aliphatic hydroxyl groups is 1. The molecule has 1 aromatic rings. The van der Waals surface area contributed by atoms with Crippen LogP contribution in [-0.4, -0.2) is 23.8 Å². The number of carbonyl (C=O) groups excluding carboxylic acids is 1. The summed E-state index contributed by atoms with van der Waals surface area (Å²) in [6.45, 7) is 8.07. The highest BCUT2D eigenvalue weighted by molar-refractivity contribution is 5.74. The average Bonchev–Trinajstić information content (AvgIpc) is 2.84. The second kappa shape index (κ2) is 7.94. The molecule has 1 heterocycles. The van der Waals surface area contributed by atoms with E-state index in [1.165, 1.54) is 0 Å². The van der Waals surface area contributed by atoms with Crippen molar-refractivity contribution < 1.29 is 14.3 Å². The van der Waals surface area contributed by atoms with Gasteiger partial charge in [-0.15, -0.1) is 0 Å². The van der Waals surface area contributed by atoms with E-state index in [0.717, 1.165) is 24.4 Å². The van der Waals surface area contributed by atoms with E-state index in [-0.39, 0.29) is 24.5 Å². The average molecular weight is 282 g/mol. The first kappa shape index (κ1) is 16.6. The number of aryl methyl sites for hydroxylation is 1. The van der Waals surface area contributed by atoms with Crippen LogP contribution in [0.2, 0.25) is 0 Å². The standard InChI is InChI=1S/C15H26N2O3/c1-5-12(6-2)13(18)9-16-15(19)17-11(4)14-8-7-10(3)20-14/h7-8,11-13,18H,5-6,9H2,1-4H3,(H2,16,17,19). The van der Waals surface area contributed by atoms with Gasteiger partial charge in [-0.25, -0.2) is 4.79 Å². The fourth-order valence-electron chi connectivity index (χ4n) is 2.20. The van der Waals surface area contributed by atoms with E-state index in [2.05, 4.69) is 10.6 Å². The maximum absolute atomic E-state index is 11.8. The third-order valence-electron chi connectivity index (χ3n) is 3.60. The lowest BCUT2D eigenvalue weighted by Gasteiger charge is -2.21. The number of amides is 2. The number of carbonyl (C=O) groups is 1. The minimum atomic E-state index is -0.503. The van der Waals surface area contributed by atoms with Gasteiger partial charge in [-0.3, -0.25) is 0 Å². The van der Waals surface area contributed by atoms with E-state index in [9.17, 15) is 9.90 Å². The van der Waals surface area contributed by atoms with Crippen LogP contribution in [0.3, 0.4) is 0 Å².